The summed E-state index contributed by atoms with van der Waals surface area (Å²) in [5.41, 5.74) is 1.39. The molecule has 1 aromatic heterocycles. The number of benzene rings is 1. The number of hydrogen-bond acceptors (Lipinski definition) is 5. The van der Waals surface area contributed by atoms with E-state index in [2.05, 4.69) is 4.98 Å². The van der Waals surface area contributed by atoms with Gasteiger partial charge in [0.2, 0.25) is 0 Å². The summed E-state index contributed by atoms with van der Waals surface area (Å²) in [6, 6.07) is 5.80. The van der Waals surface area contributed by atoms with Gasteiger partial charge < -0.3 is 19.0 Å². The molecule has 0 N–H and O–H groups in total. The van der Waals surface area contributed by atoms with Crippen molar-refractivity contribution in [3.05, 3.63) is 23.2 Å². The number of ether oxygens (including phenoxy) is 1. The summed E-state index contributed by atoms with van der Waals surface area (Å²) in [6.07, 6.45) is -0.493. The Labute approximate surface area is 127 Å². The van der Waals surface area contributed by atoms with E-state index in [1.54, 1.807) is 32.3 Å². The topological polar surface area (TPSA) is 58.8 Å². The van der Waals surface area contributed by atoms with Gasteiger partial charge in [-0.2, -0.15) is 4.98 Å². The van der Waals surface area contributed by atoms with Crippen LogP contribution in [0.5, 0.6) is 0 Å². The van der Waals surface area contributed by atoms with E-state index < -0.39 is 6.10 Å². The van der Waals surface area contributed by atoms with Crippen molar-refractivity contribution in [3.63, 3.8) is 0 Å². The molecule has 1 atom stereocenters. The molecule has 1 saturated heterocycles. The lowest BCUT2D eigenvalue weighted by Gasteiger charge is -2.32. The molecule has 0 radical (unpaired) electrons. The predicted octanol–water partition coefficient (Wildman–Crippen LogP) is 1.77. The van der Waals surface area contributed by atoms with Crippen LogP contribution in [-0.4, -0.2) is 55.7 Å². The molecule has 2 heterocycles. The summed E-state index contributed by atoms with van der Waals surface area (Å²) in [6.45, 7) is 1.53. The second-order valence-corrected chi connectivity index (χ2v) is 5.58. The molecule has 1 aliphatic heterocycles. The van der Waals surface area contributed by atoms with Crippen molar-refractivity contribution in [2.24, 2.45) is 0 Å². The molecular weight excluding hydrogens is 294 g/mol. The van der Waals surface area contributed by atoms with Gasteiger partial charge in [0.1, 0.15) is 5.52 Å². The summed E-state index contributed by atoms with van der Waals surface area (Å²) in [5, 5.41) is 0.616. The van der Waals surface area contributed by atoms with Crippen molar-refractivity contribution in [1.82, 2.24) is 9.88 Å². The van der Waals surface area contributed by atoms with E-state index in [-0.39, 0.29) is 5.91 Å². The Hall–Kier alpha value is -1.79. The summed E-state index contributed by atoms with van der Waals surface area (Å²) in [5.74, 6) is -0.0566. The Morgan fingerprint density at radius 3 is 3.05 bits per heavy atom. The number of nitrogens with zero attached hydrogens (tertiary/aromatic N) is 3. The maximum absolute atomic E-state index is 12.0. The molecule has 1 aromatic carbocycles. The third kappa shape index (κ3) is 2.82. The molecule has 7 heteroatoms. The minimum atomic E-state index is -0.493. The number of oxazole rings is 1. The SMILES string of the molecule is CN(C)C(=O)C1CN(c2nc3cc(Cl)ccc3o2)CCO1. The Morgan fingerprint density at radius 1 is 1.48 bits per heavy atom. The van der Waals surface area contributed by atoms with Crippen LogP contribution in [0.25, 0.3) is 11.1 Å². The molecule has 0 saturated carbocycles. The number of carbonyl (C=O) groups is 1. The monoisotopic (exact) mass is 309 g/mol. The van der Waals surface area contributed by atoms with E-state index in [1.807, 2.05) is 4.90 Å². The number of anilines is 1. The van der Waals surface area contributed by atoms with Gasteiger partial charge in [0.25, 0.3) is 11.9 Å². The summed E-state index contributed by atoms with van der Waals surface area (Å²) in [7, 11) is 3.43. The normalized spacial score (nSPS) is 19.0. The minimum absolute atomic E-state index is 0.0566. The van der Waals surface area contributed by atoms with Crippen LogP contribution >= 0.6 is 11.6 Å². The first kappa shape index (κ1) is 14.2. The average molecular weight is 310 g/mol. The summed E-state index contributed by atoms with van der Waals surface area (Å²) < 4.78 is 11.2. The van der Waals surface area contributed by atoms with Crippen LogP contribution in [0.1, 0.15) is 0 Å². The van der Waals surface area contributed by atoms with Gasteiger partial charge in [0, 0.05) is 25.7 Å². The molecule has 0 aliphatic carbocycles. The molecule has 3 rings (SSSR count). The van der Waals surface area contributed by atoms with E-state index in [0.29, 0.717) is 41.8 Å². The van der Waals surface area contributed by atoms with E-state index in [0.717, 1.165) is 0 Å². The highest BCUT2D eigenvalue weighted by molar-refractivity contribution is 6.31. The second-order valence-electron chi connectivity index (χ2n) is 5.15. The average Bonchev–Trinajstić information content (AvgIpc) is 2.89. The first-order valence-corrected chi connectivity index (χ1v) is 7.06. The molecule has 1 amide bonds. The number of hydrogen-bond donors (Lipinski definition) is 0. The smallest absolute Gasteiger partial charge is 0.298 e. The number of fused-ring (bicyclic) bond motifs is 1. The van der Waals surface area contributed by atoms with Crippen LogP contribution in [0.15, 0.2) is 22.6 Å². The van der Waals surface area contributed by atoms with E-state index in [4.69, 9.17) is 20.8 Å². The molecule has 1 unspecified atom stereocenters. The van der Waals surface area contributed by atoms with Crippen molar-refractivity contribution in [2.45, 2.75) is 6.10 Å². The Balaban J connectivity index is 1.83. The van der Waals surface area contributed by atoms with Gasteiger partial charge in [0.05, 0.1) is 13.2 Å². The highest BCUT2D eigenvalue weighted by Gasteiger charge is 2.30. The fraction of sp³-hybridized carbons (Fsp3) is 0.429. The second kappa shape index (κ2) is 5.54. The maximum Gasteiger partial charge on any atom is 0.298 e. The Kier molecular flexibility index (Phi) is 3.73. The fourth-order valence-corrected chi connectivity index (χ4v) is 2.45. The van der Waals surface area contributed by atoms with E-state index >= 15 is 0 Å². The Morgan fingerprint density at radius 2 is 2.29 bits per heavy atom. The highest BCUT2D eigenvalue weighted by atomic mass is 35.5. The first-order valence-electron chi connectivity index (χ1n) is 6.68. The molecule has 1 fully saturated rings. The lowest BCUT2D eigenvalue weighted by atomic mass is 10.2. The van der Waals surface area contributed by atoms with Gasteiger partial charge in [0.15, 0.2) is 11.7 Å². The van der Waals surface area contributed by atoms with Crippen molar-refractivity contribution in [1.29, 1.82) is 0 Å². The third-order valence-corrected chi connectivity index (χ3v) is 3.63. The molecular formula is C14H16ClN3O3. The van der Waals surface area contributed by atoms with Crippen LogP contribution < -0.4 is 4.90 Å². The summed E-state index contributed by atoms with van der Waals surface area (Å²) >= 11 is 5.95. The largest absolute Gasteiger partial charge is 0.423 e. The van der Waals surface area contributed by atoms with Crippen LogP contribution in [0.2, 0.25) is 5.02 Å². The highest BCUT2D eigenvalue weighted by Crippen LogP contribution is 2.25. The van der Waals surface area contributed by atoms with Gasteiger partial charge in [-0.25, -0.2) is 0 Å². The minimum Gasteiger partial charge on any atom is -0.423 e. The Bertz CT molecular complexity index is 671. The number of aromatic nitrogens is 1. The fourth-order valence-electron chi connectivity index (χ4n) is 2.28. The van der Waals surface area contributed by atoms with Crippen LogP contribution in [0.3, 0.4) is 0 Å². The molecule has 0 spiro atoms. The standard InChI is InChI=1S/C14H16ClN3O3/c1-17(2)13(19)12-8-18(5-6-20-12)14-16-10-7-9(15)3-4-11(10)21-14/h3-4,7,12H,5-6,8H2,1-2H3. The third-order valence-electron chi connectivity index (χ3n) is 3.39. The van der Waals surface area contributed by atoms with Crippen molar-refractivity contribution in [3.8, 4) is 0 Å². The number of likely N-dealkylation sites (N-methyl/N-ethyl adjacent to an activating group) is 1. The van der Waals surface area contributed by atoms with Crippen LogP contribution in [0, 0.1) is 0 Å². The first-order chi connectivity index (χ1) is 10.0. The molecule has 6 nitrogen and oxygen atoms in total. The molecule has 0 bridgehead atoms. The van der Waals surface area contributed by atoms with Gasteiger partial charge in [-0.05, 0) is 18.2 Å². The van der Waals surface area contributed by atoms with Gasteiger partial charge in [-0.3, -0.25) is 4.79 Å². The zero-order valence-corrected chi connectivity index (χ0v) is 12.6. The molecule has 112 valence electrons. The lowest BCUT2D eigenvalue weighted by Crippen LogP contribution is -2.49. The lowest BCUT2D eigenvalue weighted by molar-refractivity contribution is -0.141. The van der Waals surface area contributed by atoms with E-state index in [1.165, 1.54) is 4.90 Å². The number of carbonyl (C=O) groups excluding carboxylic acids is 1. The predicted molar refractivity (Wildman–Crippen MR) is 79.7 cm³/mol. The van der Waals surface area contributed by atoms with Crippen LogP contribution in [-0.2, 0) is 9.53 Å². The quantitative estimate of drug-likeness (QED) is 0.846. The number of halogens is 1. The van der Waals surface area contributed by atoms with Crippen LogP contribution in [0.4, 0.5) is 6.01 Å². The summed E-state index contributed by atoms with van der Waals surface area (Å²) in [4.78, 5) is 19.9. The number of rotatable bonds is 2. The molecule has 1 aliphatic rings. The maximum atomic E-state index is 12.0. The van der Waals surface area contributed by atoms with Crippen molar-refractivity contribution >= 4 is 34.6 Å². The zero-order valence-electron chi connectivity index (χ0n) is 11.9. The number of morpholine rings is 1. The molecule has 21 heavy (non-hydrogen) atoms. The number of amides is 1. The van der Waals surface area contributed by atoms with Gasteiger partial charge in [-0.1, -0.05) is 11.6 Å². The van der Waals surface area contributed by atoms with Crippen molar-refractivity contribution < 1.29 is 13.9 Å². The van der Waals surface area contributed by atoms with Gasteiger partial charge in [-0.15, -0.1) is 0 Å². The van der Waals surface area contributed by atoms with E-state index in [9.17, 15) is 4.79 Å². The van der Waals surface area contributed by atoms with Crippen molar-refractivity contribution in [2.75, 3.05) is 38.7 Å². The zero-order chi connectivity index (χ0) is 15.0. The molecule has 2 aromatic rings. The van der Waals surface area contributed by atoms with Gasteiger partial charge >= 0.3 is 0 Å².